The summed E-state index contributed by atoms with van der Waals surface area (Å²) in [5.41, 5.74) is 3.53. The van der Waals surface area contributed by atoms with Crippen molar-refractivity contribution in [2.45, 2.75) is 55.9 Å². The summed E-state index contributed by atoms with van der Waals surface area (Å²) < 4.78 is 27.9. The Morgan fingerprint density at radius 1 is 0.968 bits per heavy atom. The lowest BCUT2D eigenvalue weighted by molar-refractivity contribution is -0.137. The van der Waals surface area contributed by atoms with E-state index >= 15 is 0 Å². The fourth-order valence-corrected chi connectivity index (χ4v) is 6.91. The standard InChI is InChI=1S/C24H29N3O3S/c28-24(27-13-3-7-23(27)21-6-2-12-25-17-21)19-10-14-26(15-11-19)31(29,30)22-9-8-18-4-1-5-20(18)16-22/h2,6,8-9,12,16-17,19,23H,1,3-5,7,10-11,13-15H2/t23-/m1/s1. The lowest BCUT2D eigenvalue weighted by Crippen LogP contribution is -2.44. The number of sulfonamides is 1. The highest BCUT2D eigenvalue weighted by Gasteiger charge is 2.37. The van der Waals surface area contributed by atoms with Gasteiger partial charge in [-0.05, 0) is 79.8 Å². The first kappa shape index (κ1) is 20.6. The molecule has 5 rings (SSSR count). The first-order valence-electron chi connectivity index (χ1n) is 11.4. The molecule has 164 valence electrons. The number of benzene rings is 1. The molecule has 0 spiro atoms. The molecule has 1 atom stereocenters. The lowest BCUT2D eigenvalue weighted by atomic mass is 9.95. The van der Waals surface area contributed by atoms with E-state index in [1.54, 1.807) is 16.6 Å². The van der Waals surface area contributed by atoms with E-state index in [0.717, 1.165) is 44.2 Å². The van der Waals surface area contributed by atoms with Crippen LogP contribution in [0.15, 0.2) is 47.6 Å². The van der Waals surface area contributed by atoms with Crippen molar-refractivity contribution in [3.8, 4) is 0 Å². The third kappa shape index (κ3) is 3.89. The molecule has 3 heterocycles. The number of nitrogens with zero attached hydrogens (tertiary/aromatic N) is 3. The number of hydrogen-bond donors (Lipinski definition) is 0. The van der Waals surface area contributed by atoms with Crippen LogP contribution in [-0.4, -0.2) is 48.1 Å². The van der Waals surface area contributed by atoms with Gasteiger partial charge in [0, 0.05) is 37.9 Å². The zero-order valence-electron chi connectivity index (χ0n) is 17.7. The van der Waals surface area contributed by atoms with Gasteiger partial charge in [-0.2, -0.15) is 4.31 Å². The fourth-order valence-electron chi connectivity index (χ4n) is 5.39. The predicted molar refractivity (Wildman–Crippen MR) is 118 cm³/mol. The van der Waals surface area contributed by atoms with Crippen molar-refractivity contribution in [2.75, 3.05) is 19.6 Å². The van der Waals surface area contributed by atoms with Crippen molar-refractivity contribution in [2.24, 2.45) is 5.92 Å². The molecule has 1 aliphatic carbocycles. The van der Waals surface area contributed by atoms with Gasteiger partial charge < -0.3 is 4.90 Å². The normalized spacial score (nSPS) is 22.6. The van der Waals surface area contributed by atoms with Crippen molar-refractivity contribution in [1.29, 1.82) is 0 Å². The molecule has 0 saturated carbocycles. The van der Waals surface area contributed by atoms with Crippen LogP contribution in [0, 0.1) is 5.92 Å². The fraction of sp³-hybridized carbons (Fsp3) is 0.500. The number of likely N-dealkylation sites (tertiary alicyclic amines) is 1. The second kappa shape index (κ2) is 8.36. The van der Waals surface area contributed by atoms with E-state index in [1.807, 2.05) is 35.4 Å². The number of carbonyl (C=O) groups excluding carboxylic acids is 1. The summed E-state index contributed by atoms with van der Waals surface area (Å²) in [7, 11) is -3.51. The average Bonchev–Trinajstić information content (AvgIpc) is 3.48. The highest BCUT2D eigenvalue weighted by Crippen LogP contribution is 2.35. The van der Waals surface area contributed by atoms with Gasteiger partial charge in [-0.25, -0.2) is 8.42 Å². The van der Waals surface area contributed by atoms with Gasteiger partial charge in [0.15, 0.2) is 0 Å². The SMILES string of the molecule is O=C(C1CCN(S(=O)(=O)c2ccc3c(c2)CCC3)CC1)N1CCC[C@@H]1c1cccnc1. The van der Waals surface area contributed by atoms with E-state index in [2.05, 4.69) is 4.98 Å². The zero-order chi connectivity index (χ0) is 21.4. The number of carbonyl (C=O) groups is 1. The molecule has 0 N–H and O–H groups in total. The van der Waals surface area contributed by atoms with Gasteiger partial charge in [0.25, 0.3) is 0 Å². The molecular formula is C24H29N3O3S. The molecule has 0 radical (unpaired) electrons. The van der Waals surface area contributed by atoms with Gasteiger partial charge in [-0.15, -0.1) is 0 Å². The van der Waals surface area contributed by atoms with Crippen LogP contribution in [0.2, 0.25) is 0 Å². The molecule has 6 nitrogen and oxygen atoms in total. The minimum atomic E-state index is -3.51. The first-order chi connectivity index (χ1) is 15.0. The van der Waals surface area contributed by atoms with Crippen LogP contribution < -0.4 is 0 Å². The number of fused-ring (bicyclic) bond motifs is 1. The molecule has 2 fully saturated rings. The quantitative estimate of drug-likeness (QED) is 0.733. The lowest BCUT2D eigenvalue weighted by Gasteiger charge is -2.34. The molecule has 1 aromatic carbocycles. The van der Waals surface area contributed by atoms with Gasteiger partial charge in [-0.3, -0.25) is 9.78 Å². The number of amides is 1. The molecule has 3 aliphatic rings. The zero-order valence-corrected chi connectivity index (χ0v) is 18.6. The summed E-state index contributed by atoms with van der Waals surface area (Å²) in [6.07, 6.45) is 9.83. The van der Waals surface area contributed by atoms with Gasteiger partial charge in [0.2, 0.25) is 15.9 Å². The topological polar surface area (TPSA) is 70.6 Å². The van der Waals surface area contributed by atoms with Crippen molar-refractivity contribution >= 4 is 15.9 Å². The Balaban J connectivity index is 1.25. The Labute approximate surface area is 184 Å². The Morgan fingerprint density at radius 3 is 2.55 bits per heavy atom. The highest BCUT2D eigenvalue weighted by atomic mass is 32.2. The predicted octanol–water partition coefficient (Wildman–Crippen LogP) is 3.33. The van der Waals surface area contributed by atoms with E-state index in [0.29, 0.717) is 30.8 Å². The molecule has 1 aromatic heterocycles. The van der Waals surface area contributed by atoms with Crippen molar-refractivity contribution in [3.05, 3.63) is 59.4 Å². The monoisotopic (exact) mass is 439 g/mol. The summed E-state index contributed by atoms with van der Waals surface area (Å²) in [6.45, 7) is 1.58. The number of aryl methyl sites for hydroxylation is 2. The van der Waals surface area contributed by atoms with Gasteiger partial charge in [0.1, 0.15) is 0 Å². The van der Waals surface area contributed by atoms with Gasteiger partial charge in [-0.1, -0.05) is 12.1 Å². The highest BCUT2D eigenvalue weighted by molar-refractivity contribution is 7.89. The number of rotatable bonds is 4. The molecule has 0 bridgehead atoms. The van der Waals surface area contributed by atoms with E-state index in [9.17, 15) is 13.2 Å². The summed E-state index contributed by atoms with van der Waals surface area (Å²) in [5, 5.41) is 0. The van der Waals surface area contributed by atoms with Crippen molar-refractivity contribution in [1.82, 2.24) is 14.2 Å². The first-order valence-corrected chi connectivity index (χ1v) is 12.8. The maximum atomic E-state index is 13.3. The summed E-state index contributed by atoms with van der Waals surface area (Å²) in [6, 6.07) is 9.62. The molecule has 31 heavy (non-hydrogen) atoms. The Morgan fingerprint density at radius 2 is 1.77 bits per heavy atom. The number of aromatic nitrogens is 1. The molecule has 1 amide bonds. The minimum absolute atomic E-state index is 0.0920. The number of piperidine rings is 1. The molecule has 0 unspecified atom stereocenters. The van der Waals surface area contributed by atoms with E-state index in [4.69, 9.17) is 0 Å². The van der Waals surface area contributed by atoms with Crippen LogP contribution in [0.5, 0.6) is 0 Å². The summed E-state index contributed by atoms with van der Waals surface area (Å²) in [5.74, 6) is 0.0599. The molecule has 2 aliphatic heterocycles. The maximum absolute atomic E-state index is 13.3. The Kier molecular flexibility index (Phi) is 5.56. The van der Waals surface area contributed by atoms with Crippen LogP contribution in [0.3, 0.4) is 0 Å². The van der Waals surface area contributed by atoms with Crippen LogP contribution in [0.4, 0.5) is 0 Å². The van der Waals surface area contributed by atoms with Crippen molar-refractivity contribution in [3.63, 3.8) is 0 Å². The minimum Gasteiger partial charge on any atom is -0.335 e. The van der Waals surface area contributed by atoms with Crippen LogP contribution in [0.25, 0.3) is 0 Å². The van der Waals surface area contributed by atoms with Gasteiger partial charge in [0.05, 0.1) is 10.9 Å². The average molecular weight is 440 g/mol. The maximum Gasteiger partial charge on any atom is 0.243 e. The largest absolute Gasteiger partial charge is 0.335 e. The van der Waals surface area contributed by atoms with Crippen molar-refractivity contribution < 1.29 is 13.2 Å². The molecule has 2 aromatic rings. The van der Waals surface area contributed by atoms with E-state index in [-0.39, 0.29) is 17.9 Å². The third-order valence-electron chi connectivity index (χ3n) is 7.12. The summed E-state index contributed by atoms with van der Waals surface area (Å²) in [4.78, 5) is 19.9. The van der Waals surface area contributed by atoms with Gasteiger partial charge >= 0.3 is 0 Å². The summed E-state index contributed by atoms with van der Waals surface area (Å²) >= 11 is 0. The molecule has 2 saturated heterocycles. The molecular weight excluding hydrogens is 410 g/mol. The smallest absolute Gasteiger partial charge is 0.243 e. The van der Waals surface area contributed by atoms with Crippen LogP contribution >= 0.6 is 0 Å². The number of pyridine rings is 1. The van der Waals surface area contributed by atoms with E-state index in [1.165, 1.54) is 11.1 Å². The third-order valence-corrected chi connectivity index (χ3v) is 9.01. The van der Waals surface area contributed by atoms with Crippen LogP contribution in [-0.2, 0) is 27.7 Å². The number of hydrogen-bond acceptors (Lipinski definition) is 4. The van der Waals surface area contributed by atoms with Crippen LogP contribution in [0.1, 0.15) is 54.8 Å². The molecule has 7 heteroatoms. The second-order valence-corrected chi connectivity index (χ2v) is 10.9. The Hall–Kier alpha value is -2.25. The van der Waals surface area contributed by atoms with E-state index < -0.39 is 10.0 Å². The second-order valence-electron chi connectivity index (χ2n) is 8.94. The Bertz CT molecular complexity index is 1060.